The van der Waals surface area contributed by atoms with Gasteiger partial charge in [0.2, 0.25) is 0 Å². The molecule has 1 aromatic rings. The molecule has 1 fully saturated rings. The van der Waals surface area contributed by atoms with E-state index in [1.165, 1.54) is 30.4 Å². The summed E-state index contributed by atoms with van der Waals surface area (Å²) in [6.45, 7) is 6.27. The number of carbonyl (C=O) groups is 1. The molecule has 0 radical (unpaired) electrons. The number of methoxy groups -OCH3 is 1. The lowest BCUT2D eigenvalue weighted by atomic mass is 9.42. The quantitative estimate of drug-likeness (QED) is 0.478. The Bertz CT molecular complexity index is 762. The molecule has 0 aromatic heterocycles. The number of hydrogen-bond acceptors (Lipinski definition) is 4. The molecule has 2 aliphatic rings. The van der Waals surface area contributed by atoms with Gasteiger partial charge in [-0.25, -0.2) is 0 Å². The van der Waals surface area contributed by atoms with E-state index in [0.29, 0.717) is 0 Å². The summed E-state index contributed by atoms with van der Waals surface area (Å²) in [6, 6.07) is 6.53. The van der Waals surface area contributed by atoms with E-state index in [1.807, 2.05) is 0 Å². The highest BCUT2D eigenvalue weighted by Gasteiger charge is 2.62. The Kier molecular flexibility index (Phi) is 3.82. The summed E-state index contributed by atoms with van der Waals surface area (Å²) in [6.07, 6.45) is 4.34. The molecule has 1 aromatic carbocycles. The highest BCUT2D eigenvalue weighted by molar-refractivity contribution is 5.78. The van der Waals surface area contributed by atoms with Crippen molar-refractivity contribution in [3.63, 3.8) is 0 Å². The molecule has 5 heteroatoms. The van der Waals surface area contributed by atoms with Crippen LogP contribution >= 0.6 is 0 Å². The van der Waals surface area contributed by atoms with Crippen molar-refractivity contribution in [2.75, 3.05) is 7.11 Å². The van der Waals surface area contributed by atoms with Crippen LogP contribution in [0.4, 0.5) is 5.69 Å². The summed E-state index contributed by atoms with van der Waals surface area (Å²) in [5.41, 5.74) is 3.18. The Morgan fingerprint density at radius 2 is 1.83 bits per heavy atom. The van der Waals surface area contributed by atoms with E-state index in [1.54, 1.807) is 12.1 Å². The van der Waals surface area contributed by atoms with Crippen molar-refractivity contribution in [1.82, 2.24) is 0 Å². The lowest BCUT2D eigenvalue weighted by molar-refractivity contribution is -0.384. The van der Waals surface area contributed by atoms with Crippen LogP contribution in [0.15, 0.2) is 47.6 Å². The number of esters is 1. The number of ether oxygens (including phenoxy) is 1. The van der Waals surface area contributed by atoms with E-state index < -0.39 is 4.92 Å². The minimum atomic E-state index is -0.412. The number of hydrogen-bond donors (Lipinski definition) is 0. The molecule has 0 heterocycles. The maximum Gasteiger partial charge on any atom is 0.309 e. The average Bonchev–Trinajstić information content (AvgIpc) is 2.51. The summed E-state index contributed by atoms with van der Waals surface area (Å²) in [5, 5.41) is 10.9. The maximum absolute atomic E-state index is 12.4. The average molecular weight is 327 g/mol. The van der Waals surface area contributed by atoms with Crippen LogP contribution in [-0.2, 0) is 9.53 Å². The number of nitrogens with zero attached hydrogens (tertiary/aromatic N) is 1. The van der Waals surface area contributed by atoms with Crippen LogP contribution in [0.25, 0.3) is 0 Å². The Morgan fingerprint density at radius 1 is 1.21 bits per heavy atom. The second-order valence-electron chi connectivity index (χ2n) is 7.00. The summed E-state index contributed by atoms with van der Waals surface area (Å²) in [5.74, 6) is -0.424. The number of fused-ring (bicyclic) bond motifs is 1. The number of nitro groups is 1. The first kappa shape index (κ1) is 16.4. The van der Waals surface area contributed by atoms with Crippen molar-refractivity contribution in [3.05, 3.63) is 63.2 Å². The topological polar surface area (TPSA) is 69.4 Å². The molecule has 0 unspecified atom stereocenters. The fourth-order valence-corrected chi connectivity index (χ4v) is 4.75. The third-order valence-electron chi connectivity index (χ3n) is 5.48. The Morgan fingerprint density at radius 3 is 2.38 bits per heavy atom. The zero-order valence-electron chi connectivity index (χ0n) is 14.3. The summed E-state index contributed by atoms with van der Waals surface area (Å²) < 4.78 is 5.04. The number of carbonyl (C=O) groups excluding carboxylic acids is 1. The van der Waals surface area contributed by atoms with Gasteiger partial charge in [-0.2, -0.15) is 0 Å². The van der Waals surface area contributed by atoms with Gasteiger partial charge in [-0.15, -0.1) is 0 Å². The van der Waals surface area contributed by atoms with Gasteiger partial charge < -0.3 is 4.74 Å². The van der Waals surface area contributed by atoms with Gasteiger partial charge in [0.25, 0.3) is 5.69 Å². The summed E-state index contributed by atoms with van der Waals surface area (Å²) >= 11 is 0. The largest absolute Gasteiger partial charge is 0.469 e. The molecule has 1 saturated carbocycles. The molecule has 0 aliphatic heterocycles. The highest BCUT2D eigenvalue weighted by Crippen LogP contribution is 2.66. The lowest BCUT2D eigenvalue weighted by Gasteiger charge is -2.59. The third kappa shape index (κ3) is 2.27. The van der Waals surface area contributed by atoms with E-state index in [0.717, 1.165) is 5.56 Å². The predicted molar refractivity (Wildman–Crippen MR) is 90.5 cm³/mol. The molecule has 0 N–H and O–H groups in total. The number of benzene rings is 1. The lowest BCUT2D eigenvalue weighted by Crippen LogP contribution is -2.57. The van der Waals surface area contributed by atoms with Crippen molar-refractivity contribution in [2.24, 2.45) is 17.3 Å². The molecule has 0 bridgehead atoms. The minimum absolute atomic E-state index is 0.0469. The van der Waals surface area contributed by atoms with E-state index in [9.17, 15) is 14.9 Å². The molecular weight excluding hydrogens is 306 g/mol. The number of rotatable bonds is 3. The van der Waals surface area contributed by atoms with Gasteiger partial charge in [0.05, 0.1) is 18.0 Å². The molecular formula is C19H21NO4. The number of non-ortho nitro benzene ring substituents is 1. The van der Waals surface area contributed by atoms with Crippen LogP contribution in [0.2, 0.25) is 0 Å². The van der Waals surface area contributed by atoms with Crippen molar-refractivity contribution in [1.29, 1.82) is 0 Å². The minimum Gasteiger partial charge on any atom is -0.469 e. The Hall–Kier alpha value is -2.43. The molecule has 3 rings (SSSR count). The first-order chi connectivity index (χ1) is 11.3. The van der Waals surface area contributed by atoms with E-state index in [-0.39, 0.29) is 34.8 Å². The monoisotopic (exact) mass is 327 g/mol. The standard InChI is InChI=1S/C19H21NO4/c1-11-9-12(2)16-15(18(21)24-4)17(19(16,3)10-11)13-5-7-14(8-6-13)20(22)23/h5-10,15-17H,1-4H3/t15-,16+,17+,19+/m1/s1. The Balaban J connectivity index is 2.05. The van der Waals surface area contributed by atoms with Crippen molar-refractivity contribution in [3.8, 4) is 0 Å². The normalized spacial score (nSPS) is 31.2. The molecule has 2 aliphatic carbocycles. The zero-order valence-corrected chi connectivity index (χ0v) is 14.3. The second-order valence-corrected chi connectivity index (χ2v) is 7.00. The fraction of sp³-hybridized carbons (Fsp3) is 0.421. The van der Waals surface area contributed by atoms with E-state index in [4.69, 9.17) is 4.74 Å². The molecule has 0 saturated heterocycles. The number of allylic oxidation sites excluding steroid dienone is 4. The predicted octanol–water partition coefficient (Wildman–Crippen LogP) is 4.01. The molecule has 0 amide bonds. The zero-order chi connectivity index (χ0) is 17.6. The molecule has 4 atom stereocenters. The van der Waals surface area contributed by atoms with Gasteiger partial charge in [0, 0.05) is 29.4 Å². The van der Waals surface area contributed by atoms with Crippen LogP contribution in [0.1, 0.15) is 32.3 Å². The van der Waals surface area contributed by atoms with Gasteiger partial charge in [0.1, 0.15) is 0 Å². The van der Waals surface area contributed by atoms with Gasteiger partial charge in [-0.3, -0.25) is 14.9 Å². The van der Waals surface area contributed by atoms with Crippen molar-refractivity contribution < 1.29 is 14.5 Å². The summed E-state index contributed by atoms with van der Waals surface area (Å²) in [4.78, 5) is 22.9. The van der Waals surface area contributed by atoms with Crippen LogP contribution in [0.5, 0.6) is 0 Å². The first-order valence-electron chi connectivity index (χ1n) is 7.99. The van der Waals surface area contributed by atoms with Gasteiger partial charge >= 0.3 is 5.97 Å². The first-order valence-corrected chi connectivity index (χ1v) is 7.99. The van der Waals surface area contributed by atoms with E-state index >= 15 is 0 Å². The fourth-order valence-electron chi connectivity index (χ4n) is 4.75. The summed E-state index contributed by atoms with van der Waals surface area (Å²) in [7, 11) is 1.41. The maximum atomic E-state index is 12.4. The van der Waals surface area contributed by atoms with Crippen LogP contribution in [0, 0.1) is 27.4 Å². The molecule has 0 spiro atoms. The van der Waals surface area contributed by atoms with Crippen LogP contribution < -0.4 is 0 Å². The van der Waals surface area contributed by atoms with E-state index in [2.05, 4.69) is 32.9 Å². The Labute approximate surface area is 141 Å². The van der Waals surface area contributed by atoms with Crippen molar-refractivity contribution in [2.45, 2.75) is 26.7 Å². The highest BCUT2D eigenvalue weighted by atomic mass is 16.6. The SMILES string of the molecule is COC(=O)[C@@H]1[C@@H]2C(C)=CC(C)=C[C@]2(C)[C@H]1c1ccc([N+](=O)[O-])cc1. The van der Waals surface area contributed by atoms with Gasteiger partial charge in [-0.05, 0) is 19.4 Å². The van der Waals surface area contributed by atoms with Crippen LogP contribution in [0.3, 0.4) is 0 Å². The molecule has 24 heavy (non-hydrogen) atoms. The molecule has 126 valence electrons. The van der Waals surface area contributed by atoms with Crippen molar-refractivity contribution >= 4 is 11.7 Å². The second kappa shape index (κ2) is 5.58. The van der Waals surface area contributed by atoms with Gasteiger partial charge in [0.15, 0.2) is 0 Å². The third-order valence-corrected chi connectivity index (χ3v) is 5.48. The van der Waals surface area contributed by atoms with Crippen LogP contribution in [-0.4, -0.2) is 18.0 Å². The number of nitro benzene ring substituents is 1. The molecule has 5 nitrogen and oxygen atoms in total. The van der Waals surface area contributed by atoms with Gasteiger partial charge in [-0.1, -0.05) is 42.4 Å². The smallest absolute Gasteiger partial charge is 0.309 e.